The highest BCUT2D eigenvalue weighted by atomic mass is 28.3. The zero-order valence-corrected chi connectivity index (χ0v) is 29.6. The lowest BCUT2D eigenvalue weighted by Crippen LogP contribution is -2.50. The summed E-state index contributed by atoms with van der Waals surface area (Å²) in [6.07, 6.45) is 0. The molecular formula is C47H35N3Si. The van der Waals surface area contributed by atoms with Crippen molar-refractivity contribution in [3.05, 3.63) is 176 Å². The van der Waals surface area contributed by atoms with Crippen molar-refractivity contribution in [3.63, 3.8) is 0 Å². The van der Waals surface area contributed by atoms with Crippen LogP contribution in [0.25, 0.3) is 78.7 Å². The van der Waals surface area contributed by atoms with Gasteiger partial charge >= 0.3 is 0 Å². The lowest BCUT2D eigenvalue weighted by molar-refractivity contribution is 1.20. The normalized spacial score (nSPS) is 12.7. The molecule has 51 heavy (non-hydrogen) atoms. The summed E-state index contributed by atoms with van der Waals surface area (Å²) in [5.74, 6) is 0.761. The van der Waals surface area contributed by atoms with Gasteiger partial charge in [-0.05, 0) is 62.5 Å². The van der Waals surface area contributed by atoms with Gasteiger partial charge in [-0.2, -0.15) is 0 Å². The van der Waals surface area contributed by atoms with Crippen LogP contribution in [-0.2, 0) is 0 Å². The van der Waals surface area contributed by atoms with Crippen molar-refractivity contribution < 1.29 is 0 Å². The Morgan fingerprint density at radius 3 is 1.53 bits per heavy atom. The van der Waals surface area contributed by atoms with Crippen LogP contribution in [-0.4, -0.2) is 23.0 Å². The minimum atomic E-state index is -2.08. The van der Waals surface area contributed by atoms with Crippen molar-refractivity contribution in [2.24, 2.45) is 0 Å². The van der Waals surface area contributed by atoms with E-state index in [1.807, 2.05) is 12.1 Å². The number of hydrogen-bond donors (Lipinski definition) is 0. The number of rotatable bonds is 6. The SMILES string of the molecule is C[Si]1(C)c2ccccc2-c2nc(-c3ccccc3)nc(-c3cccc(-c4cccc(-c5cc(-c6ccccc6)cc(-c6ccccc6)n5)c4)c3)c21. The quantitative estimate of drug-likeness (QED) is 0.165. The molecule has 3 nitrogen and oxygen atoms in total. The molecule has 0 spiro atoms. The fourth-order valence-corrected chi connectivity index (χ4v) is 10.7. The number of aromatic nitrogens is 3. The maximum absolute atomic E-state index is 5.35. The summed E-state index contributed by atoms with van der Waals surface area (Å²) in [4.78, 5) is 15.8. The zero-order chi connectivity index (χ0) is 34.4. The Morgan fingerprint density at radius 2 is 0.843 bits per heavy atom. The first-order chi connectivity index (χ1) is 25.0. The molecule has 0 bridgehead atoms. The molecule has 242 valence electrons. The molecule has 0 saturated carbocycles. The monoisotopic (exact) mass is 669 g/mol. The smallest absolute Gasteiger partial charge is 0.160 e. The van der Waals surface area contributed by atoms with E-state index in [0.29, 0.717) is 0 Å². The summed E-state index contributed by atoms with van der Waals surface area (Å²) >= 11 is 0. The molecule has 1 aliphatic heterocycles. The number of fused-ring (bicyclic) bond motifs is 3. The predicted octanol–water partition coefficient (Wildman–Crippen LogP) is 10.7. The first-order valence-corrected chi connectivity index (χ1v) is 20.4. The molecule has 9 rings (SSSR count). The van der Waals surface area contributed by atoms with Gasteiger partial charge in [-0.3, -0.25) is 0 Å². The zero-order valence-electron chi connectivity index (χ0n) is 28.6. The van der Waals surface area contributed by atoms with E-state index in [-0.39, 0.29) is 0 Å². The molecule has 0 atom stereocenters. The fraction of sp³-hybridized carbons (Fsp3) is 0.0426. The Kier molecular flexibility index (Phi) is 7.60. The van der Waals surface area contributed by atoms with E-state index in [2.05, 4.69) is 177 Å². The van der Waals surface area contributed by atoms with Gasteiger partial charge in [0.2, 0.25) is 0 Å². The highest BCUT2D eigenvalue weighted by Gasteiger charge is 2.41. The summed E-state index contributed by atoms with van der Waals surface area (Å²) in [6.45, 7) is 4.86. The number of benzene rings is 6. The van der Waals surface area contributed by atoms with Crippen LogP contribution >= 0.6 is 0 Å². The highest BCUT2D eigenvalue weighted by Crippen LogP contribution is 2.36. The van der Waals surface area contributed by atoms with Crippen molar-refractivity contribution in [1.29, 1.82) is 0 Å². The van der Waals surface area contributed by atoms with Gasteiger partial charge < -0.3 is 0 Å². The van der Waals surface area contributed by atoms with Crippen LogP contribution in [0.4, 0.5) is 0 Å². The summed E-state index contributed by atoms with van der Waals surface area (Å²) < 4.78 is 0. The summed E-state index contributed by atoms with van der Waals surface area (Å²) in [7, 11) is -2.08. The van der Waals surface area contributed by atoms with Crippen LogP contribution in [0.5, 0.6) is 0 Å². The first kappa shape index (κ1) is 30.8. The minimum absolute atomic E-state index is 0.761. The Bertz CT molecular complexity index is 2490. The van der Waals surface area contributed by atoms with Crippen molar-refractivity contribution in [2.45, 2.75) is 13.1 Å². The summed E-state index contributed by atoms with van der Waals surface area (Å²) in [5.41, 5.74) is 14.2. The topological polar surface area (TPSA) is 38.7 Å². The van der Waals surface area contributed by atoms with Crippen LogP contribution in [0.15, 0.2) is 176 Å². The largest absolute Gasteiger partial charge is 0.248 e. The van der Waals surface area contributed by atoms with E-state index in [1.54, 1.807) is 0 Å². The molecule has 6 aromatic carbocycles. The highest BCUT2D eigenvalue weighted by molar-refractivity contribution is 7.04. The molecule has 1 aliphatic rings. The van der Waals surface area contributed by atoms with Crippen LogP contribution < -0.4 is 10.4 Å². The van der Waals surface area contributed by atoms with Gasteiger partial charge in [-0.1, -0.05) is 165 Å². The third-order valence-electron chi connectivity index (χ3n) is 10.1. The molecule has 2 aromatic heterocycles. The summed E-state index contributed by atoms with van der Waals surface area (Å²) in [6, 6.07) is 62.1. The number of pyridine rings is 1. The van der Waals surface area contributed by atoms with Gasteiger partial charge in [0.25, 0.3) is 0 Å². The van der Waals surface area contributed by atoms with Crippen LogP contribution in [0.1, 0.15) is 0 Å². The fourth-order valence-electron chi connectivity index (χ4n) is 7.48. The molecule has 0 saturated heterocycles. The molecule has 8 aromatic rings. The van der Waals surface area contributed by atoms with E-state index in [4.69, 9.17) is 15.0 Å². The maximum Gasteiger partial charge on any atom is 0.160 e. The van der Waals surface area contributed by atoms with Crippen LogP contribution in [0.2, 0.25) is 13.1 Å². The second kappa shape index (κ2) is 12.6. The molecule has 0 fully saturated rings. The van der Waals surface area contributed by atoms with Crippen molar-refractivity contribution in [3.8, 4) is 78.7 Å². The van der Waals surface area contributed by atoms with E-state index >= 15 is 0 Å². The third-order valence-corrected chi connectivity index (χ3v) is 13.6. The average molecular weight is 670 g/mol. The molecule has 0 radical (unpaired) electrons. The average Bonchev–Trinajstić information content (AvgIpc) is 3.44. The molecule has 4 heteroatoms. The number of hydrogen-bond acceptors (Lipinski definition) is 3. The molecular weight excluding hydrogens is 635 g/mol. The Labute approximate surface area is 300 Å². The molecule has 3 heterocycles. The first-order valence-electron chi connectivity index (χ1n) is 17.4. The van der Waals surface area contributed by atoms with Gasteiger partial charge in [0.1, 0.15) is 8.07 Å². The lowest BCUT2D eigenvalue weighted by Gasteiger charge is -2.22. The van der Waals surface area contributed by atoms with Crippen molar-refractivity contribution >= 4 is 18.4 Å². The standard InChI is InChI=1S/C47H35N3Si/c1-51(2)43-27-13-12-26-40(43)45-46(51)44(49-47(50-45)34-20-10-5-11-21-34)38-25-15-23-36(29-38)35-22-14-24-37(28-35)42-31-39(32-16-6-3-7-17-32)30-41(48-42)33-18-8-4-9-19-33/h3-31H,1-2H3. The Balaban J connectivity index is 1.17. The third kappa shape index (κ3) is 5.60. The Morgan fingerprint density at radius 1 is 0.353 bits per heavy atom. The van der Waals surface area contributed by atoms with Crippen LogP contribution in [0.3, 0.4) is 0 Å². The van der Waals surface area contributed by atoms with E-state index < -0.39 is 8.07 Å². The summed E-state index contributed by atoms with van der Waals surface area (Å²) in [5, 5.41) is 2.73. The van der Waals surface area contributed by atoms with E-state index in [1.165, 1.54) is 21.5 Å². The molecule has 0 amide bonds. The van der Waals surface area contributed by atoms with Gasteiger partial charge in [0.05, 0.1) is 22.8 Å². The lowest BCUT2D eigenvalue weighted by atomic mass is 9.96. The molecule has 0 N–H and O–H groups in total. The van der Waals surface area contributed by atoms with E-state index in [0.717, 1.165) is 67.5 Å². The second-order valence-corrected chi connectivity index (χ2v) is 18.0. The molecule has 0 aliphatic carbocycles. The maximum atomic E-state index is 5.35. The Hall–Kier alpha value is -6.23. The van der Waals surface area contributed by atoms with Gasteiger partial charge in [0.15, 0.2) is 5.82 Å². The van der Waals surface area contributed by atoms with Gasteiger partial charge in [-0.25, -0.2) is 15.0 Å². The predicted molar refractivity (Wildman–Crippen MR) is 215 cm³/mol. The van der Waals surface area contributed by atoms with Crippen molar-refractivity contribution in [2.75, 3.05) is 0 Å². The number of nitrogens with zero attached hydrogens (tertiary/aromatic N) is 3. The van der Waals surface area contributed by atoms with Crippen LogP contribution in [0, 0.1) is 0 Å². The minimum Gasteiger partial charge on any atom is -0.248 e. The molecule has 0 unspecified atom stereocenters. The van der Waals surface area contributed by atoms with Crippen molar-refractivity contribution in [1.82, 2.24) is 15.0 Å². The van der Waals surface area contributed by atoms with Gasteiger partial charge in [0, 0.05) is 22.3 Å². The second-order valence-electron chi connectivity index (χ2n) is 13.7. The van der Waals surface area contributed by atoms with E-state index in [9.17, 15) is 0 Å². The van der Waals surface area contributed by atoms with Gasteiger partial charge in [-0.15, -0.1) is 0 Å².